The average molecular weight is 222 g/mol. The van der Waals surface area contributed by atoms with Crippen LogP contribution in [0.25, 0.3) is 0 Å². The van der Waals surface area contributed by atoms with Gasteiger partial charge < -0.3 is 4.98 Å². The van der Waals surface area contributed by atoms with Crippen molar-refractivity contribution in [1.29, 1.82) is 0 Å². The molecule has 1 aliphatic heterocycles. The SMILES string of the molecule is CCCN1CCC[C@H]1c1ccc(=S)[nH]c1. The molecule has 0 amide bonds. The molecule has 1 atom stereocenters. The highest BCUT2D eigenvalue weighted by Crippen LogP contribution is 2.31. The number of nitrogens with one attached hydrogen (secondary N) is 1. The second-order valence-electron chi connectivity index (χ2n) is 4.18. The van der Waals surface area contributed by atoms with Gasteiger partial charge in [0, 0.05) is 12.2 Å². The van der Waals surface area contributed by atoms with Crippen LogP contribution in [0.4, 0.5) is 0 Å². The predicted octanol–water partition coefficient (Wildman–Crippen LogP) is 3.29. The summed E-state index contributed by atoms with van der Waals surface area (Å²) in [6.45, 7) is 4.70. The highest BCUT2D eigenvalue weighted by Gasteiger charge is 2.24. The zero-order valence-electron chi connectivity index (χ0n) is 9.20. The molecular formula is C12H18N2S. The van der Waals surface area contributed by atoms with E-state index in [1.807, 2.05) is 6.07 Å². The normalized spacial score (nSPS) is 22.1. The van der Waals surface area contributed by atoms with Gasteiger partial charge in [-0.05, 0) is 44.0 Å². The van der Waals surface area contributed by atoms with E-state index < -0.39 is 0 Å². The van der Waals surface area contributed by atoms with Crippen LogP contribution in [0.2, 0.25) is 0 Å². The van der Waals surface area contributed by atoms with Gasteiger partial charge in [0.05, 0.1) is 0 Å². The van der Waals surface area contributed by atoms with Gasteiger partial charge in [-0.3, -0.25) is 4.90 Å². The molecule has 0 saturated carbocycles. The number of nitrogens with zero attached hydrogens (tertiary/aromatic N) is 1. The average Bonchev–Trinajstić information content (AvgIpc) is 2.68. The number of hydrogen-bond donors (Lipinski definition) is 1. The van der Waals surface area contributed by atoms with Crippen LogP contribution in [-0.2, 0) is 0 Å². The molecule has 1 aromatic rings. The largest absolute Gasteiger partial charge is 0.353 e. The van der Waals surface area contributed by atoms with E-state index in [-0.39, 0.29) is 0 Å². The Balaban J connectivity index is 2.15. The molecule has 0 aliphatic carbocycles. The maximum absolute atomic E-state index is 5.06. The lowest BCUT2D eigenvalue weighted by Gasteiger charge is -2.23. The molecule has 1 fully saturated rings. The zero-order chi connectivity index (χ0) is 10.7. The van der Waals surface area contributed by atoms with Crippen molar-refractivity contribution in [2.45, 2.75) is 32.2 Å². The molecule has 2 heterocycles. The molecule has 1 aromatic heterocycles. The minimum atomic E-state index is 0.608. The van der Waals surface area contributed by atoms with E-state index in [1.54, 1.807) is 0 Å². The lowest BCUT2D eigenvalue weighted by molar-refractivity contribution is 0.257. The van der Waals surface area contributed by atoms with Crippen molar-refractivity contribution in [3.63, 3.8) is 0 Å². The summed E-state index contributed by atoms with van der Waals surface area (Å²) in [4.78, 5) is 5.70. The first-order chi connectivity index (χ1) is 7.31. The van der Waals surface area contributed by atoms with E-state index in [2.05, 4.69) is 29.1 Å². The molecule has 82 valence electrons. The molecule has 0 spiro atoms. The van der Waals surface area contributed by atoms with Crippen molar-refractivity contribution >= 4 is 12.2 Å². The molecule has 2 nitrogen and oxygen atoms in total. The highest BCUT2D eigenvalue weighted by molar-refractivity contribution is 7.71. The number of aromatic nitrogens is 1. The summed E-state index contributed by atoms with van der Waals surface area (Å²) in [5, 5.41) is 0. The van der Waals surface area contributed by atoms with Gasteiger partial charge in [0.25, 0.3) is 0 Å². The standard InChI is InChI=1S/C12H18N2S/c1-2-7-14-8-3-4-11(14)10-5-6-12(15)13-9-10/h5-6,9,11H,2-4,7-8H2,1H3,(H,13,15)/t11-/m0/s1. The van der Waals surface area contributed by atoms with Crippen molar-refractivity contribution in [1.82, 2.24) is 9.88 Å². The molecule has 1 N–H and O–H groups in total. The summed E-state index contributed by atoms with van der Waals surface area (Å²) in [6, 6.07) is 4.77. The van der Waals surface area contributed by atoms with Gasteiger partial charge in [-0.1, -0.05) is 25.2 Å². The number of aromatic amines is 1. The van der Waals surface area contributed by atoms with Crippen LogP contribution in [-0.4, -0.2) is 23.0 Å². The number of hydrogen-bond acceptors (Lipinski definition) is 2. The Labute approximate surface area is 96.3 Å². The van der Waals surface area contributed by atoms with E-state index in [4.69, 9.17) is 12.2 Å². The Morgan fingerprint density at radius 1 is 1.53 bits per heavy atom. The summed E-state index contributed by atoms with van der Waals surface area (Å²) >= 11 is 5.06. The molecule has 0 unspecified atom stereocenters. The van der Waals surface area contributed by atoms with E-state index in [0.29, 0.717) is 6.04 Å². The quantitative estimate of drug-likeness (QED) is 0.791. The smallest absolute Gasteiger partial charge is 0.103 e. The Morgan fingerprint density at radius 3 is 3.07 bits per heavy atom. The molecule has 1 aliphatic rings. The molecule has 2 rings (SSSR count). The maximum Gasteiger partial charge on any atom is 0.103 e. The Morgan fingerprint density at radius 2 is 2.40 bits per heavy atom. The minimum Gasteiger partial charge on any atom is -0.353 e. The Hall–Kier alpha value is -0.670. The van der Waals surface area contributed by atoms with Crippen LogP contribution in [0.3, 0.4) is 0 Å². The molecule has 3 heteroatoms. The monoisotopic (exact) mass is 222 g/mol. The van der Waals surface area contributed by atoms with E-state index in [9.17, 15) is 0 Å². The van der Waals surface area contributed by atoms with Gasteiger partial charge in [0.1, 0.15) is 4.64 Å². The van der Waals surface area contributed by atoms with Gasteiger partial charge in [-0.25, -0.2) is 0 Å². The third kappa shape index (κ3) is 2.47. The summed E-state index contributed by atoms with van der Waals surface area (Å²) in [7, 11) is 0. The summed E-state index contributed by atoms with van der Waals surface area (Å²) in [6.07, 6.45) is 5.91. The van der Waals surface area contributed by atoms with Gasteiger partial charge in [-0.15, -0.1) is 0 Å². The van der Waals surface area contributed by atoms with Gasteiger partial charge >= 0.3 is 0 Å². The number of likely N-dealkylation sites (tertiary alicyclic amines) is 1. The van der Waals surface area contributed by atoms with Crippen molar-refractivity contribution in [2.75, 3.05) is 13.1 Å². The van der Waals surface area contributed by atoms with Crippen LogP contribution < -0.4 is 0 Å². The van der Waals surface area contributed by atoms with Gasteiger partial charge in [-0.2, -0.15) is 0 Å². The van der Waals surface area contributed by atoms with Crippen LogP contribution in [0.1, 0.15) is 37.8 Å². The van der Waals surface area contributed by atoms with Crippen molar-refractivity contribution in [2.24, 2.45) is 0 Å². The first-order valence-electron chi connectivity index (χ1n) is 5.74. The van der Waals surface area contributed by atoms with Crippen molar-refractivity contribution in [3.05, 3.63) is 28.5 Å². The van der Waals surface area contributed by atoms with Crippen LogP contribution in [0, 0.1) is 4.64 Å². The predicted molar refractivity (Wildman–Crippen MR) is 65.5 cm³/mol. The van der Waals surface area contributed by atoms with Crippen molar-refractivity contribution in [3.8, 4) is 0 Å². The second-order valence-corrected chi connectivity index (χ2v) is 4.62. The van der Waals surface area contributed by atoms with Gasteiger partial charge in [0.15, 0.2) is 0 Å². The van der Waals surface area contributed by atoms with Crippen molar-refractivity contribution < 1.29 is 0 Å². The Bertz CT molecular complexity index is 352. The van der Waals surface area contributed by atoms with Crippen LogP contribution >= 0.6 is 12.2 Å². The third-order valence-electron chi connectivity index (χ3n) is 3.07. The minimum absolute atomic E-state index is 0.608. The number of H-pyrrole nitrogens is 1. The third-order valence-corrected chi connectivity index (χ3v) is 3.32. The second kappa shape index (κ2) is 4.90. The fraction of sp³-hybridized carbons (Fsp3) is 0.583. The molecule has 15 heavy (non-hydrogen) atoms. The fourth-order valence-corrected chi connectivity index (χ4v) is 2.52. The molecule has 0 radical (unpaired) electrons. The summed E-state index contributed by atoms with van der Waals surface area (Å²) in [5.74, 6) is 0. The molecule has 1 saturated heterocycles. The van der Waals surface area contributed by atoms with E-state index in [0.717, 1.165) is 4.64 Å². The molecule has 0 aromatic carbocycles. The van der Waals surface area contributed by atoms with Crippen LogP contribution in [0.5, 0.6) is 0 Å². The lowest BCUT2D eigenvalue weighted by Crippen LogP contribution is -2.23. The lowest BCUT2D eigenvalue weighted by atomic mass is 10.1. The van der Waals surface area contributed by atoms with E-state index >= 15 is 0 Å². The van der Waals surface area contributed by atoms with E-state index in [1.165, 1.54) is 37.9 Å². The molecular weight excluding hydrogens is 204 g/mol. The molecule has 0 bridgehead atoms. The Kier molecular flexibility index (Phi) is 3.54. The first-order valence-corrected chi connectivity index (χ1v) is 6.15. The first kappa shape index (κ1) is 10.8. The van der Waals surface area contributed by atoms with Crippen LogP contribution in [0.15, 0.2) is 18.3 Å². The summed E-state index contributed by atoms with van der Waals surface area (Å²) in [5.41, 5.74) is 1.38. The highest BCUT2D eigenvalue weighted by atomic mass is 32.1. The number of rotatable bonds is 3. The topological polar surface area (TPSA) is 19.0 Å². The fourth-order valence-electron chi connectivity index (χ4n) is 2.39. The summed E-state index contributed by atoms with van der Waals surface area (Å²) < 4.78 is 0.818. The maximum atomic E-state index is 5.06. The number of pyridine rings is 1. The van der Waals surface area contributed by atoms with Gasteiger partial charge in [0.2, 0.25) is 0 Å². The zero-order valence-corrected chi connectivity index (χ0v) is 10.0.